The van der Waals surface area contributed by atoms with Crippen molar-refractivity contribution in [3.8, 4) is 0 Å². The predicted octanol–water partition coefficient (Wildman–Crippen LogP) is 3.64. The van der Waals surface area contributed by atoms with Gasteiger partial charge in [0.1, 0.15) is 5.60 Å². The number of benzene rings is 1. The third kappa shape index (κ3) is 2.30. The Kier molecular flexibility index (Phi) is 2.82. The Balaban J connectivity index is 1.95. The summed E-state index contributed by atoms with van der Waals surface area (Å²) in [5, 5.41) is 6.34. The number of anilines is 1. The summed E-state index contributed by atoms with van der Waals surface area (Å²) in [5.74, 6) is 0.687. The Bertz CT molecular complexity index is 672. The average Bonchev–Trinajstić information content (AvgIpc) is 2.89. The summed E-state index contributed by atoms with van der Waals surface area (Å²) >= 11 is 0. The van der Waals surface area contributed by atoms with Gasteiger partial charge in [-0.3, -0.25) is 5.32 Å². The van der Waals surface area contributed by atoms with E-state index in [1.165, 1.54) is 0 Å². The Labute approximate surface area is 116 Å². The first-order chi connectivity index (χ1) is 9.54. The number of aromatic nitrogens is 1. The summed E-state index contributed by atoms with van der Waals surface area (Å²) in [6.45, 7) is 3.74. The van der Waals surface area contributed by atoms with Gasteiger partial charge in [0.15, 0.2) is 5.76 Å². The Morgan fingerprint density at radius 3 is 2.85 bits per heavy atom. The van der Waals surface area contributed by atoms with Crippen LogP contribution in [0.3, 0.4) is 0 Å². The number of carbonyl (C=O) groups is 1. The van der Waals surface area contributed by atoms with Gasteiger partial charge in [-0.25, -0.2) is 4.79 Å². The smallest absolute Gasteiger partial charge is 0.412 e. The molecule has 2 heterocycles. The predicted molar refractivity (Wildman–Crippen MR) is 75.0 cm³/mol. The standard InChI is InChI=1S/C15H14N2O3/c1-15(2)12-9-10(3-5-11-7-8-16-20-11)4-6-13(12)17-14(18)19-15/h3-9H,1-2H3,(H,17,18). The lowest BCUT2D eigenvalue weighted by molar-refractivity contribution is 0.0420. The summed E-state index contributed by atoms with van der Waals surface area (Å²) in [6.07, 6.45) is 4.93. The first kappa shape index (κ1) is 12.5. The molecule has 1 N–H and O–H groups in total. The number of fused-ring (bicyclic) bond motifs is 1. The molecular formula is C15H14N2O3. The first-order valence-corrected chi connectivity index (χ1v) is 6.28. The number of nitrogens with one attached hydrogen (secondary N) is 1. The Morgan fingerprint density at radius 1 is 1.25 bits per heavy atom. The lowest BCUT2D eigenvalue weighted by Gasteiger charge is -2.32. The van der Waals surface area contributed by atoms with Gasteiger partial charge in [0.2, 0.25) is 0 Å². The van der Waals surface area contributed by atoms with Crippen LogP contribution < -0.4 is 5.32 Å². The van der Waals surface area contributed by atoms with Crippen LogP contribution in [-0.4, -0.2) is 11.2 Å². The molecule has 2 aromatic rings. The van der Waals surface area contributed by atoms with Crippen molar-refractivity contribution in [3.63, 3.8) is 0 Å². The Hall–Kier alpha value is -2.56. The van der Waals surface area contributed by atoms with Gasteiger partial charge in [-0.1, -0.05) is 17.3 Å². The van der Waals surface area contributed by atoms with E-state index in [1.807, 2.05) is 44.2 Å². The number of rotatable bonds is 2. The van der Waals surface area contributed by atoms with Gasteiger partial charge in [-0.05, 0) is 37.6 Å². The van der Waals surface area contributed by atoms with Crippen LogP contribution >= 0.6 is 0 Å². The van der Waals surface area contributed by atoms with Gasteiger partial charge in [0.25, 0.3) is 0 Å². The summed E-state index contributed by atoms with van der Waals surface area (Å²) in [4.78, 5) is 11.4. The largest absolute Gasteiger partial charge is 0.438 e. The van der Waals surface area contributed by atoms with Crippen molar-refractivity contribution in [3.05, 3.63) is 47.3 Å². The maximum atomic E-state index is 11.4. The van der Waals surface area contributed by atoms with Crippen molar-refractivity contribution in [2.24, 2.45) is 0 Å². The van der Waals surface area contributed by atoms with E-state index >= 15 is 0 Å². The molecule has 3 rings (SSSR count). The van der Waals surface area contributed by atoms with E-state index in [0.717, 1.165) is 16.8 Å². The molecule has 5 nitrogen and oxygen atoms in total. The molecule has 0 aliphatic carbocycles. The minimum Gasteiger partial charge on any atom is -0.438 e. The van der Waals surface area contributed by atoms with Crippen LogP contribution in [0, 0.1) is 0 Å². The van der Waals surface area contributed by atoms with Gasteiger partial charge in [0.05, 0.1) is 11.9 Å². The molecule has 0 atom stereocenters. The highest BCUT2D eigenvalue weighted by atomic mass is 16.6. The van der Waals surface area contributed by atoms with E-state index in [4.69, 9.17) is 9.26 Å². The minimum absolute atomic E-state index is 0.424. The van der Waals surface area contributed by atoms with Crippen LogP contribution in [-0.2, 0) is 10.3 Å². The molecule has 1 aliphatic heterocycles. The molecule has 20 heavy (non-hydrogen) atoms. The molecule has 0 fully saturated rings. The van der Waals surface area contributed by atoms with Crippen molar-refractivity contribution in [2.45, 2.75) is 19.4 Å². The van der Waals surface area contributed by atoms with Gasteiger partial charge < -0.3 is 9.26 Å². The molecule has 1 aliphatic rings. The molecule has 5 heteroatoms. The number of ether oxygens (including phenoxy) is 1. The monoisotopic (exact) mass is 270 g/mol. The number of hydrogen-bond donors (Lipinski definition) is 1. The van der Waals surface area contributed by atoms with E-state index in [1.54, 1.807) is 12.3 Å². The second-order valence-electron chi connectivity index (χ2n) is 5.08. The fourth-order valence-electron chi connectivity index (χ4n) is 2.18. The lowest BCUT2D eigenvalue weighted by Crippen LogP contribution is -2.34. The highest BCUT2D eigenvalue weighted by molar-refractivity contribution is 5.89. The van der Waals surface area contributed by atoms with E-state index in [2.05, 4.69) is 10.5 Å². The van der Waals surface area contributed by atoms with Crippen LogP contribution in [0.2, 0.25) is 0 Å². The molecule has 0 bridgehead atoms. The molecule has 0 spiro atoms. The van der Waals surface area contributed by atoms with Crippen molar-refractivity contribution in [1.29, 1.82) is 0 Å². The summed E-state index contributed by atoms with van der Waals surface area (Å²) in [7, 11) is 0. The van der Waals surface area contributed by atoms with Gasteiger partial charge >= 0.3 is 6.09 Å². The van der Waals surface area contributed by atoms with Crippen molar-refractivity contribution in [2.75, 3.05) is 5.32 Å². The molecule has 1 aromatic heterocycles. The first-order valence-electron chi connectivity index (χ1n) is 6.28. The minimum atomic E-state index is -0.645. The molecule has 0 unspecified atom stereocenters. The van der Waals surface area contributed by atoms with E-state index < -0.39 is 11.7 Å². The van der Waals surface area contributed by atoms with E-state index in [9.17, 15) is 4.79 Å². The summed E-state index contributed by atoms with van der Waals surface area (Å²) < 4.78 is 10.3. The zero-order valence-electron chi connectivity index (χ0n) is 11.2. The molecular weight excluding hydrogens is 256 g/mol. The number of amides is 1. The van der Waals surface area contributed by atoms with Crippen LogP contribution in [0.25, 0.3) is 12.2 Å². The van der Waals surface area contributed by atoms with Crippen LogP contribution in [0.4, 0.5) is 10.5 Å². The topological polar surface area (TPSA) is 64.4 Å². The number of nitrogens with zero attached hydrogens (tertiary/aromatic N) is 1. The van der Waals surface area contributed by atoms with Gasteiger partial charge in [-0.15, -0.1) is 0 Å². The van der Waals surface area contributed by atoms with E-state index in [-0.39, 0.29) is 0 Å². The highest BCUT2D eigenvalue weighted by Gasteiger charge is 2.33. The van der Waals surface area contributed by atoms with Crippen LogP contribution in [0.1, 0.15) is 30.7 Å². The maximum absolute atomic E-state index is 11.4. The normalized spacial score (nSPS) is 16.6. The molecule has 102 valence electrons. The van der Waals surface area contributed by atoms with Crippen LogP contribution in [0.5, 0.6) is 0 Å². The SMILES string of the molecule is CC1(C)OC(=O)Nc2ccc(C=Cc3ccno3)cc21. The van der Waals surface area contributed by atoms with E-state index in [0.29, 0.717) is 5.76 Å². The maximum Gasteiger partial charge on any atom is 0.412 e. The highest BCUT2D eigenvalue weighted by Crippen LogP contribution is 2.36. The number of cyclic esters (lactones) is 1. The zero-order chi connectivity index (χ0) is 14.2. The quantitative estimate of drug-likeness (QED) is 0.904. The third-order valence-corrected chi connectivity index (χ3v) is 3.17. The molecule has 1 aromatic carbocycles. The van der Waals surface area contributed by atoms with Crippen molar-refractivity contribution < 1.29 is 14.1 Å². The molecule has 0 radical (unpaired) electrons. The van der Waals surface area contributed by atoms with Gasteiger partial charge in [0, 0.05) is 11.6 Å². The van der Waals surface area contributed by atoms with Crippen molar-refractivity contribution in [1.82, 2.24) is 5.16 Å². The zero-order valence-corrected chi connectivity index (χ0v) is 11.2. The number of hydrogen-bond acceptors (Lipinski definition) is 4. The van der Waals surface area contributed by atoms with Crippen LogP contribution in [0.15, 0.2) is 35.0 Å². The fourth-order valence-corrected chi connectivity index (χ4v) is 2.18. The second-order valence-corrected chi connectivity index (χ2v) is 5.08. The fraction of sp³-hybridized carbons (Fsp3) is 0.200. The Morgan fingerprint density at radius 2 is 2.10 bits per heavy atom. The molecule has 0 saturated carbocycles. The summed E-state index contributed by atoms with van der Waals surface area (Å²) in [6, 6.07) is 7.56. The molecule has 1 amide bonds. The average molecular weight is 270 g/mol. The number of carbonyl (C=O) groups excluding carboxylic acids is 1. The van der Waals surface area contributed by atoms with Crippen molar-refractivity contribution >= 4 is 23.9 Å². The summed E-state index contributed by atoms with van der Waals surface area (Å²) in [5.41, 5.74) is 2.07. The molecule has 0 saturated heterocycles. The lowest BCUT2D eigenvalue weighted by atomic mass is 9.93. The van der Waals surface area contributed by atoms with Gasteiger partial charge in [-0.2, -0.15) is 0 Å². The second kappa shape index (κ2) is 4.52. The third-order valence-electron chi connectivity index (χ3n) is 3.17.